The van der Waals surface area contributed by atoms with Gasteiger partial charge in [-0.1, -0.05) is 41.4 Å². The molecule has 1 fully saturated rings. The molecule has 0 radical (unpaired) electrons. The van der Waals surface area contributed by atoms with Crippen molar-refractivity contribution >= 4 is 35.1 Å². The summed E-state index contributed by atoms with van der Waals surface area (Å²) in [6.07, 6.45) is -1.26. The molecule has 2 aromatic rings. The molecule has 0 aromatic heterocycles. The fraction of sp³-hybridized carbons (Fsp3) is 0.391. The third kappa shape index (κ3) is 6.13. The van der Waals surface area contributed by atoms with Crippen LogP contribution in [0.15, 0.2) is 42.5 Å². The molecule has 2 N–H and O–H groups in total. The third-order valence-electron chi connectivity index (χ3n) is 4.99. The number of carboxylic acids is 1. The van der Waals surface area contributed by atoms with Crippen molar-refractivity contribution in [3.05, 3.63) is 63.6 Å². The van der Waals surface area contributed by atoms with Crippen LogP contribution in [-0.2, 0) is 32.1 Å². The lowest BCUT2D eigenvalue weighted by molar-refractivity contribution is -0.157. The largest absolute Gasteiger partial charge is 0.489 e. The quantitative estimate of drug-likeness (QED) is 0.585. The molecule has 3 rings (SSSR count). The molecule has 0 saturated carbocycles. The zero-order valence-electron chi connectivity index (χ0n) is 17.9. The molecule has 7 nitrogen and oxygen atoms in total. The molecule has 1 saturated heterocycles. The number of ether oxygens (including phenoxy) is 3. The van der Waals surface area contributed by atoms with Crippen LogP contribution in [0.4, 0.5) is 0 Å². The highest BCUT2D eigenvalue weighted by Crippen LogP contribution is 2.28. The highest BCUT2D eigenvalue weighted by atomic mass is 35.5. The molecule has 32 heavy (non-hydrogen) atoms. The lowest BCUT2D eigenvalue weighted by Crippen LogP contribution is -2.49. The van der Waals surface area contributed by atoms with Gasteiger partial charge in [0.05, 0.1) is 6.10 Å². The van der Waals surface area contributed by atoms with Gasteiger partial charge in [0.2, 0.25) is 0 Å². The molecule has 0 bridgehead atoms. The van der Waals surface area contributed by atoms with Crippen LogP contribution >= 0.6 is 23.2 Å². The van der Waals surface area contributed by atoms with Gasteiger partial charge in [0.25, 0.3) is 5.91 Å². The summed E-state index contributed by atoms with van der Waals surface area (Å²) in [5.41, 5.74) is 1.40. The van der Waals surface area contributed by atoms with Crippen LogP contribution < -0.4 is 10.1 Å². The summed E-state index contributed by atoms with van der Waals surface area (Å²) in [5.74, 6) is -1.98. The topological polar surface area (TPSA) is 94.1 Å². The van der Waals surface area contributed by atoms with Crippen LogP contribution in [0.5, 0.6) is 5.75 Å². The Morgan fingerprint density at radius 1 is 1.12 bits per heavy atom. The smallest absolute Gasteiger partial charge is 0.326 e. The SMILES string of the molecule is CC1OC(C)(C)OC1C(=O)NC(Cc1ccc(OCc2c(Cl)cccc2Cl)cc1)C(=O)O. The Balaban J connectivity index is 1.59. The van der Waals surface area contributed by atoms with Crippen molar-refractivity contribution < 1.29 is 28.9 Å². The predicted octanol–water partition coefficient (Wildman–Crippen LogP) is 4.22. The van der Waals surface area contributed by atoms with Gasteiger partial charge < -0.3 is 24.6 Å². The fourth-order valence-electron chi connectivity index (χ4n) is 3.44. The van der Waals surface area contributed by atoms with Crippen molar-refractivity contribution in [2.45, 2.75) is 57.8 Å². The summed E-state index contributed by atoms with van der Waals surface area (Å²) in [6, 6.07) is 11.0. The lowest BCUT2D eigenvalue weighted by Gasteiger charge is -2.19. The normalized spacial score (nSPS) is 20.5. The Morgan fingerprint density at radius 2 is 1.75 bits per heavy atom. The number of carboxylic acid groups (broad SMARTS) is 1. The van der Waals surface area contributed by atoms with Gasteiger partial charge in [-0.2, -0.15) is 0 Å². The molecule has 0 spiro atoms. The number of hydrogen-bond acceptors (Lipinski definition) is 5. The zero-order chi connectivity index (χ0) is 23.5. The first kappa shape index (κ1) is 24.3. The van der Waals surface area contributed by atoms with E-state index in [0.717, 1.165) is 5.56 Å². The average molecular weight is 482 g/mol. The Morgan fingerprint density at radius 3 is 2.28 bits per heavy atom. The van der Waals surface area contributed by atoms with Gasteiger partial charge in [-0.3, -0.25) is 4.79 Å². The Hall–Kier alpha value is -2.32. The van der Waals surface area contributed by atoms with Crippen LogP contribution in [0.1, 0.15) is 31.9 Å². The monoisotopic (exact) mass is 481 g/mol. The number of hydrogen-bond donors (Lipinski definition) is 2. The van der Waals surface area contributed by atoms with Crippen molar-refractivity contribution in [2.24, 2.45) is 0 Å². The van der Waals surface area contributed by atoms with Crippen molar-refractivity contribution in [3.63, 3.8) is 0 Å². The second-order valence-corrected chi connectivity index (χ2v) is 8.81. The molecular formula is C23H25Cl2NO6. The highest BCUT2D eigenvalue weighted by Gasteiger charge is 2.43. The third-order valence-corrected chi connectivity index (χ3v) is 5.70. The number of halogens is 2. The number of benzene rings is 2. The molecule has 9 heteroatoms. The maximum Gasteiger partial charge on any atom is 0.326 e. The van der Waals surface area contributed by atoms with E-state index in [1.807, 2.05) is 0 Å². The van der Waals surface area contributed by atoms with E-state index in [1.165, 1.54) is 0 Å². The van der Waals surface area contributed by atoms with E-state index >= 15 is 0 Å². The Kier molecular flexibility index (Phi) is 7.67. The Bertz CT molecular complexity index is 959. The summed E-state index contributed by atoms with van der Waals surface area (Å²) < 4.78 is 16.9. The molecule has 1 aliphatic heterocycles. The van der Waals surface area contributed by atoms with Crippen molar-refractivity contribution in [1.82, 2.24) is 5.32 Å². The number of rotatable bonds is 8. The molecule has 172 valence electrons. The maximum absolute atomic E-state index is 12.6. The van der Waals surface area contributed by atoms with Gasteiger partial charge in [-0.05, 0) is 50.6 Å². The zero-order valence-corrected chi connectivity index (χ0v) is 19.4. The van der Waals surface area contributed by atoms with Crippen LogP contribution in [-0.4, -0.2) is 41.0 Å². The summed E-state index contributed by atoms with van der Waals surface area (Å²) in [7, 11) is 0. The van der Waals surface area contributed by atoms with E-state index in [1.54, 1.807) is 63.2 Å². The molecule has 1 aliphatic rings. The van der Waals surface area contributed by atoms with Crippen LogP contribution in [0.2, 0.25) is 10.0 Å². The molecule has 1 heterocycles. The fourth-order valence-corrected chi connectivity index (χ4v) is 3.95. The van der Waals surface area contributed by atoms with Crippen molar-refractivity contribution in [1.29, 1.82) is 0 Å². The van der Waals surface area contributed by atoms with Gasteiger partial charge in [0, 0.05) is 22.0 Å². The molecule has 3 unspecified atom stereocenters. The molecule has 2 aromatic carbocycles. The molecule has 1 amide bonds. The number of aliphatic carboxylic acids is 1. The number of nitrogens with one attached hydrogen (secondary N) is 1. The van der Waals surface area contributed by atoms with Gasteiger partial charge in [0.1, 0.15) is 18.4 Å². The van der Waals surface area contributed by atoms with E-state index in [-0.39, 0.29) is 13.0 Å². The Labute approximate surface area is 196 Å². The number of amides is 1. The lowest BCUT2D eigenvalue weighted by atomic mass is 10.1. The van der Waals surface area contributed by atoms with Crippen LogP contribution in [0, 0.1) is 0 Å². The van der Waals surface area contributed by atoms with Crippen molar-refractivity contribution in [3.8, 4) is 5.75 Å². The maximum atomic E-state index is 12.6. The average Bonchev–Trinajstić information content (AvgIpc) is 3.00. The number of carbonyl (C=O) groups excluding carboxylic acids is 1. The summed E-state index contributed by atoms with van der Waals surface area (Å²) in [6.45, 7) is 5.32. The van der Waals surface area contributed by atoms with E-state index < -0.39 is 35.9 Å². The van der Waals surface area contributed by atoms with Gasteiger partial charge in [-0.25, -0.2) is 4.79 Å². The van der Waals surface area contributed by atoms with E-state index in [2.05, 4.69) is 5.32 Å². The first-order valence-corrected chi connectivity index (χ1v) is 10.8. The second kappa shape index (κ2) is 10.1. The van der Waals surface area contributed by atoms with Gasteiger partial charge in [0.15, 0.2) is 11.9 Å². The highest BCUT2D eigenvalue weighted by molar-refractivity contribution is 6.35. The van der Waals surface area contributed by atoms with E-state index in [9.17, 15) is 14.7 Å². The minimum absolute atomic E-state index is 0.100. The number of carbonyl (C=O) groups is 2. The van der Waals surface area contributed by atoms with E-state index in [0.29, 0.717) is 21.4 Å². The van der Waals surface area contributed by atoms with Gasteiger partial charge in [-0.15, -0.1) is 0 Å². The van der Waals surface area contributed by atoms with Gasteiger partial charge >= 0.3 is 5.97 Å². The minimum Gasteiger partial charge on any atom is -0.489 e. The molecule has 3 atom stereocenters. The molecular weight excluding hydrogens is 457 g/mol. The minimum atomic E-state index is -1.14. The summed E-state index contributed by atoms with van der Waals surface area (Å²) >= 11 is 12.3. The second-order valence-electron chi connectivity index (χ2n) is 8.00. The summed E-state index contributed by atoms with van der Waals surface area (Å²) in [4.78, 5) is 24.3. The van der Waals surface area contributed by atoms with Crippen molar-refractivity contribution in [2.75, 3.05) is 0 Å². The van der Waals surface area contributed by atoms with Crippen LogP contribution in [0.25, 0.3) is 0 Å². The first-order chi connectivity index (χ1) is 15.1. The van der Waals surface area contributed by atoms with E-state index in [4.69, 9.17) is 37.4 Å². The first-order valence-electron chi connectivity index (χ1n) is 10.1. The predicted molar refractivity (Wildman–Crippen MR) is 120 cm³/mol. The van der Waals surface area contributed by atoms with Crippen LogP contribution in [0.3, 0.4) is 0 Å². The summed E-state index contributed by atoms with van der Waals surface area (Å²) in [5, 5.41) is 13.2. The molecule has 0 aliphatic carbocycles. The standard InChI is InChI=1S/C23H25Cl2NO6/c1-13-20(32-23(2,3)31-13)21(27)26-19(22(28)29)11-14-7-9-15(10-8-14)30-12-16-17(24)5-4-6-18(16)25/h4-10,13,19-20H,11-12H2,1-3H3,(H,26,27)(H,28,29).